The molecule has 0 aliphatic carbocycles. The van der Waals surface area contributed by atoms with E-state index in [2.05, 4.69) is 20.8 Å². The van der Waals surface area contributed by atoms with Crippen LogP contribution in [-0.2, 0) is 9.47 Å². The summed E-state index contributed by atoms with van der Waals surface area (Å²) in [6.07, 6.45) is 3.60. The predicted octanol–water partition coefficient (Wildman–Crippen LogP) is 2.15. The lowest BCUT2D eigenvalue weighted by atomic mass is 10.3. The lowest BCUT2D eigenvalue weighted by molar-refractivity contribution is 0.132. The summed E-state index contributed by atoms with van der Waals surface area (Å²) in [5.74, 6) is 0. The van der Waals surface area contributed by atoms with Crippen LogP contribution >= 0.6 is 15.9 Å². The molecule has 0 heterocycles. The van der Waals surface area contributed by atoms with Crippen LogP contribution in [0.1, 0.15) is 19.3 Å². The summed E-state index contributed by atoms with van der Waals surface area (Å²) >= 11 is 3.45. The molecule has 0 spiro atoms. The summed E-state index contributed by atoms with van der Waals surface area (Å²) in [5.41, 5.74) is 0. The molecule has 92 valence electrons. The highest BCUT2D eigenvalue weighted by molar-refractivity contribution is 9.09. The second kappa shape index (κ2) is 12.4. The molecule has 0 bridgehead atoms. The zero-order chi connectivity index (χ0) is 11.4. The largest absolute Gasteiger partial charge is 0.385 e. The lowest BCUT2D eigenvalue weighted by Gasteiger charge is -2.21. The van der Waals surface area contributed by atoms with Crippen molar-refractivity contribution in [2.75, 3.05) is 52.4 Å². The van der Waals surface area contributed by atoms with E-state index in [0.717, 1.165) is 38.1 Å². The molecule has 0 N–H and O–H groups in total. The molecule has 0 aliphatic heterocycles. The van der Waals surface area contributed by atoms with E-state index < -0.39 is 0 Å². The highest BCUT2D eigenvalue weighted by atomic mass is 79.9. The van der Waals surface area contributed by atoms with Crippen molar-refractivity contribution in [3.8, 4) is 0 Å². The van der Waals surface area contributed by atoms with E-state index in [-0.39, 0.29) is 0 Å². The first-order valence-electron chi connectivity index (χ1n) is 5.61. The monoisotopic (exact) mass is 281 g/mol. The minimum atomic E-state index is 0.821. The highest BCUT2D eigenvalue weighted by Gasteiger charge is 2.03. The van der Waals surface area contributed by atoms with Crippen LogP contribution in [0.4, 0.5) is 0 Å². The van der Waals surface area contributed by atoms with Gasteiger partial charge in [-0.25, -0.2) is 0 Å². The molecule has 4 heteroatoms. The molecular weight excluding hydrogens is 258 g/mol. The standard InChI is InChI=1S/C11H24BrNO2/c1-14-10-5-8-13(9-11-15-2)7-4-3-6-12/h3-11H2,1-2H3. The fourth-order valence-electron chi connectivity index (χ4n) is 1.42. The van der Waals surface area contributed by atoms with Crippen molar-refractivity contribution in [2.24, 2.45) is 0 Å². The Morgan fingerprint density at radius 3 is 2.13 bits per heavy atom. The van der Waals surface area contributed by atoms with E-state index in [1.807, 2.05) is 0 Å². The third kappa shape index (κ3) is 10.6. The molecule has 0 fully saturated rings. The van der Waals surface area contributed by atoms with Crippen molar-refractivity contribution in [1.82, 2.24) is 4.90 Å². The smallest absolute Gasteiger partial charge is 0.0589 e. The van der Waals surface area contributed by atoms with Crippen LogP contribution in [0.2, 0.25) is 0 Å². The molecule has 0 radical (unpaired) electrons. The number of unbranched alkanes of at least 4 members (excludes halogenated alkanes) is 1. The van der Waals surface area contributed by atoms with Gasteiger partial charge in [0.05, 0.1) is 6.61 Å². The fraction of sp³-hybridized carbons (Fsp3) is 1.00. The minimum Gasteiger partial charge on any atom is -0.385 e. The van der Waals surface area contributed by atoms with Crippen LogP contribution in [0.25, 0.3) is 0 Å². The first kappa shape index (κ1) is 15.4. The molecule has 0 amide bonds. The second-order valence-corrected chi connectivity index (χ2v) is 4.37. The van der Waals surface area contributed by atoms with E-state index in [9.17, 15) is 0 Å². The van der Waals surface area contributed by atoms with Gasteiger partial charge in [0.1, 0.15) is 0 Å². The summed E-state index contributed by atoms with van der Waals surface area (Å²) in [7, 11) is 3.51. The molecular formula is C11H24BrNO2. The summed E-state index contributed by atoms with van der Waals surface area (Å²) in [6.45, 7) is 4.98. The van der Waals surface area contributed by atoms with Gasteiger partial charge in [0.15, 0.2) is 0 Å². The van der Waals surface area contributed by atoms with Crippen molar-refractivity contribution in [3.05, 3.63) is 0 Å². The Balaban J connectivity index is 3.53. The minimum absolute atomic E-state index is 0.821. The third-order valence-electron chi connectivity index (χ3n) is 2.29. The number of halogens is 1. The highest BCUT2D eigenvalue weighted by Crippen LogP contribution is 1.99. The van der Waals surface area contributed by atoms with E-state index in [1.54, 1.807) is 14.2 Å². The maximum Gasteiger partial charge on any atom is 0.0589 e. The molecule has 0 atom stereocenters. The van der Waals surface area contributed by atoms with Gasteiger partial charge in [0, 0.05) is 39.2 Å². The number of nitrogens with zero attached hydrogens (tertiary/aromatic N) is 1. The van der Waals surface area contributed by atoms with Crippen LogP contribution in [0, 0.1) is 0 Å². The molecule has 3 nitrogen and oxygen atoms in total. The number of methoxy groups -OCH3 is 2. The van der Waals surface area contributed by atoms with Crippen molar-refractivity contribution >= 4 is 15.9 Å². The van der Waals surface area contributed by atoms with Crippen LogP contribution < -0.4 is 0 Å². The molecule has 0 aromatic rings. The Bertz CT molecular complexity index is 115. The van der Waals surface area contributed by atoms with Crippen molar-refractivity contribution in [3.63, 3.8) is 0 Å². The van der Waals surface area contributed by atoms with Crippen LogP contribution in [0.5, 0.6) is 0 Å². The van der Waals surface area contributed by atoms with Gasteiger partial charge in [0.25, 0.3) is 0 Å². The van der Waals surface area contributed by atoms with Gasteiger partial charge in [-0.1, -0.05) is 15.9 Å². The molecule has 0 rings (SSSR count). The topological polar surface area (TPSA) is 21.7 Å². The van der Waals surface area contributed by atoms with E-state index in [4.69, 9.17) is 9.47 Å². The first-order valence-corrected chi connectivity index (χ1v) is 6.73. The third-order valence-corrected chi connectivity index (χ3v) is 2.85. The zero-order valence-electron chi connectivity index (χ0n) is 10.0. The van der Waals surface area contributed by atoms with Gasteiger partial charge in [-0.15, -0.1) is 0 Å². The zero-order valence-corrected chi connectivity index (χ0v) is 11.6. The number of rotatable bonds is 11. The Morgan fingerprint density at radius 1 is 0.867 bits per heavy atom. The quantitative estimate of drug-likeness (QED) is 0.428. The molecule has 0 aromatic carbocycles. The summed E-state index contributed by atoms with van der Waals surface area (Å²) in [6, 6.07) is 0. The lowest BCUT2D eigenvalue weighted by Crippen LogP contribution is -2.30. The van der Waals surface area contributed by atoms with Gasteiger partial charge in [-0.2, -0.15) is 0 Å². The molecule has 15 heavy (non-hydrogen) atoms. The number of alkyl halides is 1. The Labute approximate surface area is 102 Å². The SMILES string of the molecule is COCCCN(CCCCBr)CCOC. The van der Waals surface area contributed by atoms with Crippen molar-refractivity contribution in [1.29, 1.82) is 0 Å². The van der Waals surface area contributed by atoms with E-state index in [0.29, 0.717) is 0 Å². The second-order valence-electron chi connectivity index (χ2n) is 3.58. The van der Waals surface area contributed by atoms with Gasteiger partial charge in [-0.3, -0.25) is 0 Å². The molecule has 0 aliphatic rings. The maximum absolute atomic E-state index is 5.10. The number of hydrogen-bond acceptors (Lipinski definition) is 3. The van der Waals surface area contributed by atoms with Crippen LogP contribution in [0.3, 0.4) is 0 Å². The number of ether oxygens (including phenoxy) is 2. The molecule has 0 saturated heterocycles. The van der Waals surface area contributed by atoms with Crippen molar-refractivity contribution in [2.45, 2.75) is 19.3 Å². The van der Waals surface area contributed by atoms with Gasteiger partial charge in [0.2, 0.25) is 0 Å². The van der Waals surface area contributed by atoms with E-state index >= 15 is 0 Å². The predicted molar refractivity (Wildman–Crippen MR) is 67.8 cm³/mol. The van der Waals surface area contributed by atoms with Crippen LogP contribution in [0.15, 0.2) is 0 Å². The summed E-state index contributed by atoms with van der Waals surface area (Å²) < 4.78 is 10.2. The average Bonchev–Trinajstić information content (AvgIpc) is 2.25. The summed E-state index contributed by atoms with van der Waals surface area (Å²) in [5, 5.41) is 1.10. The Morgan fingerprint density at radius 2 is 1.53 bits per heavy atom. The molecule has 0 unspecified atom stereocenters. The normalized spacial score (nSPS) is 11.2. The van der Waals surface area contributed by atoms with Gasteiger partial charge in [-0.05, 0) is 25.8 Å². The Kier molecular flexibility index (Phi) is 12.7. The summed E-state index contributed by atoms with van der Waals surface area (Å²) in [4.78, 5) is 2.45. The first-order chi connectivity index (χ1) is 7.35. The Hall–Kier alpha value is 0.360. The maximum atomic E-state index is 5.10. The van der Waals surface area contributed by atoms with Gasteiger partial charge < -0.3 is 14.4 Å². The van der Waals surface area contributed by atoms with E-state index in [1.165, 1.54) is 19.4 Å². The van der Waals surface area contributed by atoms with Gasteiger partial charge >= 0.3 is 0 Å². The number of hydrogen-bond donors (Lipinski definition) is 0. The fourth-order valence-corrected chi connectivity index (χ4v) is 1.81. The molecule has 0 saturated carbocycles. The molecule has 0 aromatic heterocycles. The van der Waals surface area contributed by atoms with Crippen LogP contribution in [-0.4, -0.2) is 57.3 Å². The average molecular weight is 282 g/mol. The van der Waals surface area contributed by atoms with Crippen molar-refractivity contribution < 1.29 is 9.47 Å².